The van der Waals surface area contributed by atoms with Gasteiger partial charge in [-0.05, 0) is 43.3 Å². The number of halogens is 1. The molecule has 0 bridgehead atoms. The molecule has 0 saturated heterocycles. The third kappa shape index (κ3) is 4.38. The maximum atomic E-state index is 12.8. The molecule has 2 rings (SSSR count). The first-order chi connectivity index (χ1) is 9.28. The highest BCUT2D eigenvalue weighted by molar-refractivity contribution is 5.21. The average Bonchev–Trinajstić information content (AvgIpc) is 2.46. The van der Waals surface area contributed by atoms with Crippen molar-refractivity contribution < 1.29 is 9.13 Å². The lowest BCUT2D eigenvalue weighted by Crippen LogP contribution is -2.33. The van der Waals surface area contributed by atoms with Gasteiger partial charge in [0.25, 0.3) is 0 Å². The van der Waals surface area contributed by atoms with Gasteiger partial charge in [0, 0.05) is 6.04 Å². The van der Waals surface area contributed by atoms with Gasteiger partial charge in [-0.15, -0.1) is 0 Å². The van der Waals surface area contributed by atoms with E-state index in [-0.39, 0.29) is 11.9 Å². The Bertz CT molecular complexity index is 484. The van der Waals surface area contributed by atoms with E-state index in [1.807, 2.05) is 49.5 Å². The van der Waals surface area contributed by atoms with Crippen LogP contribution in [0.25, 0.3) is 0 Å². The van der Waals surface area contributed by atoms with Crippen molar-refractivity contribution in [3.63, 3.8) is 0 Å². The van der Waals surface area contributed by atoms with Crippen LogP contribution in [0.4, 0.5) is 4.39 Å². The molecular weight excluding hydrogens is 241 g/mol. The van der Waals surface area contributed by atoms with Crippen molar-refractivity contribution in [2.45, 2.75) is 12.5 Å². The van der Waals surface area contributed by atoms with Crippen LogP contribution in [0.1, 0.15) is 5.56 Å². The number of para-hydroxylation sites is 1. The second-order valence-electron chi connectivity index (χ2n) is 4.44. The van der Waals surface area contributed by atoms with Gasteiger partial charge in [0.2, 0.25) is 0 Å². The van der Waals surface area contributed by atoms with Gasteiger partial charge < -0.3 is 10.1 Å². The van der Waals surface area contributed by atoms with E-state index >= 15 is 0 Å². The third-order valence-corrected chi connectivity index (χ3v) is 3.00. The topological polar surface area (TPSA) is 21.3 Å². The largest absolute Gasteiger partial charge is 0.492 e. The van der Waals surface area contributed by atoms with Gasteiger partial charge in [-0.25, -0.2) is 4.39 Å². The van der Waals surface area contributed by atoms with Gasteiger partial charge >= 0.3 is 0 Å². The van der Waals surface area contributed by atoms with E-state index < -0.39 is 0 Å². The zero-order valence-corrected chi connectivity index (χ0v) is 11.0. The number of rotatable bonds is 6. The highest BCUT2D eigenvalue weighted by atomic mass is 19.1. The van der Waals surface area contributed by atoms with E-state index in [1.54, 1.807) is 0 Å². The monoisotopic (exact) mass is 259 g/mol. The van der Waals surface area contributed by atoms with Gasteiger partial charge in [-0.2, -0.15) is 0 Å². The molecule has 0 saturated carbocycles. The molecule has 0 spiro atoms. The summed E-state index contributed by atoms with van der Waals surface area (Å²) in [5.41, 5.74) is 1.09. The standard InChI is InChI=1S/C16H18FNO/c1-18-15(11-13-7-9-14(17)10-8-13)12-19-16-5-3-2-4-6-16/h2-10,15,18H,11-12H2,1H3. The summed E-state index contributed by atoms with van der Waals surface area (Å²) in [6.45, 7) is 0.581. The highest BCUT2D eigenvalue weighted by Gasteiger charge is 2.08. The van der Waals surface area contributed by atoms with Crippen LogP contribution in [0.5, 0.6) is 5.75 Å². The molecule has 0 aliphatic rings. The SMILES string of the molecule is CNC(COc1ccccc1)Cc1ccc(F)cc1. The fraction of sp³-hybridized carbons (Fsp3) is 0.250. The molecule has 0 heterocycles. The normalized spacial score (nSPS) is 12.1. The maximum Gasteiger partial charge on any atom is 0.123 e. The van der Waals surface area contributed by atoms with Crippen molar-refractivity contribution in [2.24, 2.45) is 0 Å². The Morgan fingerprint density at radius 1 is 1.05 bits per heavy atom. The molecule has 1 unspecified atom stereocenters. The zero-order valence-electron chi connectivity index (χ0n) is 11.0. The minimum absolute atomic E-state index is 0.200. The summed E-state index contributed by atoms with van der Waals surface area (Å²) < 4.78 is 18.6. The van der Waals surface area contributed by atoms with Crippen LogP contribution in [0.15, 0.2) is 54.6 Å². The van der Waals surface area contributed by atoms with Crippen LogP contribution < -0.4 is 10.1 Å². The van der Waals surface area contributed by atoms with E-state index in [0.717, 1.165) is 17.7 Å². The number of benzene rings is 2. The van der Waals surface area contributed by atoms with Crippen molar-refractivity contribution in [1.82, 2.24) is 5.32 Å². The van der Waals surface area contributed by atoms with Gasteiger partial charge in [0.05, 0.1) is 0 Å². The van der Waals surface area contributed by atoms with E-state index in [4.69, 9.17) is 4.74 Å². The van der Waals surface area contributed by atoms with Crippen molar-refractivity contribution in [3.8, 4) is 5.75 Å². The Morgan fingerprint density at radius 2 is 1.74 bits per heavy atom. The molecule has 100 valence electrons. The summed E-state index contributed by atoms with van der Waals surface area (Å²) in [5.74, 6) is 0.659. The summed E-state index contributed by atoms with van der Waals surface area (Å²) in [6, 6.07) is 16.5. The van der Waals surface area contributed by atoms with Gasteiger partial charge in [0.1, 0.15) is 18.2 Å². The Labute approximate surface area is 113 Å². The summed E-state index contributed by atoms with van der Waals surface area (Å²) >= 11 is 0. The molecule has 0 radical (unpaired) electrons. The predicted octanol–water partition coefficient (Wildman–Crippen LogP) is 3.04. The number of hydrogen-bond donors (Lipinski definition) is 1. The molecule has 2 aromatic carbocycles. The number of hydrogen-bond acceptors (Lipinski definition) is 2. The lowest BCUT2D eigenvalue weighted by Gasteiger charge is -2.17. The number of likely N-dealkylation sites (N-methyl/N-ethyl adjacent to an activating group) is 1. The molecule has 2 aromatic rings. The molecule has 0 aromatic heterocycles. The van der Waals surface area contributed by atoms with Crippen molar-refractivity contribution in [1.29, 1.82) is 0 Å². The molecule has 1 N–H and O–H groups in total. The molecule has 2 nitrogen and oxygen atoms in total. The summed E-state index contributed by atoms with van der Waals surface area (Å²) in [7, 11) is 1.91. The summed E-state index contributed by atoms with van der Waals surface area (Å²) in [5, 5.41) is 3.22. The fourth-order valence-electron chi connectivity index (χ4n) is 1.86. The Balaban J connectivity index is 1.88. The minimum atomic E-state index is -0.203. The molecule has 0 fully saturated rings. The van der Waals surface area contributed by atoms with E-state index in [0.29, 0.717) is 6.61 Å². The molecule has 1 atom stereocenters. The van der Waals surface area contributed by atoms with E-state index in [9.17, 15) is 4.39 Å². The maximum absolute atomic E-state index is 12.8. The zero-order chi connectivity index (χ0) is 13.5. The lowest BCUT2D eigenvalue weighted by molar-refractivity contribution is 0.270. The first-order valence-corrected chi connectivity index (χ1v) is 6.37. The summed E-state index contributed by atoms with van der Waals surface area (Å²) in [6.07, 6.45) is 0.809. The van der Waals surface area contributed by atoms with Crippen molar-refractivity contribution in [2.75, 3.05) is 13.7 Å². The van der Waals surface area contributed by atoms with E-state index in [1.165, 1.54) is 12.1 Å². The van der Waals surface area contributed by atoms with Crippen LogP contribution in [-0.2, 0) is 6.42 Å². The van der Waals surface area contributed by atoms with Crippen LogP contribution >= 0.6 is 0 Å². The molecular formula is C16H18FNO. The molecule has 0 aliphatic heterocycles. The Kier molecular flexibility index (Phi) is 4.93. The smallest absolute Gasteiger partial charge is 0.123 e. The van der Waals surface area contributed by atoms with Gasteiger partial charge in [-0.1, -0.05) is 30.3 Å². The average molecular weight is 259 g/mol. The highest BCUT2D eigenvalue weighted by Crippen LogP contribution is 2.10. The van der Waals surface area contributed by atoms with Crippen LogP contribution in [-0.4, -0.2) is 19.7 Å². The van der Waals surface area contributed by atoms with Crippen molar-refractivity contribution >= 4 is 0 Å². The molecule has 3 heteroatoms. The lowest BCUT2D eigenvalue weighted by atomic mass is 10.1. The van der Waals surface area contributed by atoms with Gasteiger partial charge in [-0.3, -0.25) is 0 Å². The Hall–Kier alpha value is -1.87. The van der Waals surface area contributed by atoms with Crippen LogP contribution in [0, 0.1) is 5.82 Å². The second-order valence-corrected chi connectivity index (χ2v) is 4.44. The van der Waals surface area contributed by atoms with Crippen molar-refractivity contribution in [3.05, 3.63) is 66.0 Å². The fourth-order valence-corrected chi connectivity index (χ4v) is 1.86. The molecule has 0 aliphatic carbocycles. The number of nitrogens with one attached hydrogen (secondary N) is 1. The first kappa shape index (κ1) is 13.6. The summed E-state index contributed by atoms with van der Waals surface area (Å²) in [4.78, 5) is 0. The second kappa shape index (κ2) is 6.90. The number of ether oxygens (including phenoxy) is 1. The Morgan fingerprint density at radius 3 is 2.37 bits per heavy atom. The van der Waals surface area contributed by atoms with Crippen LogP contribution in [0.3, 0.4) is 0 Å². The quantitative estimate of drug-likeness (QED) is 0.861. The van der Waals surface area contributed by atoms with E-state index in [2.05, 4.69) is 5.32 Å². The predicted molar refractivity (Wildman–Crippen MR) is 74.9 cm³/mol. The van der Waals surface area contributed by atoms with Crippen LogP contribution in [0.2, 0.25) is 0 Å². The third-order valence-electron chi connectivity index (χ3n) is 3.00. The van der Waals surface area contributed by atoms with Gasteiger partial charge in [0.15, 0.2) is 0 Å². The molecule has 0 amide bonds. The first-order valence-electron chi connectivity index (χ1n) is 6.37. The molecule has 19 heavy (non-hydrogen) atoms. The minimum Gasteiger partial charge on any atom is -0.492 e.